The van der Waals surface area contributed by atoms with Crippen molar-refractivity contribution in [1.82, 2.24) is 14.4 Å². The zero-order valence-corrected chi connectivity index (χ0v) is 20.3. The second-order valence-corrected chi connectivity index (χ2v) is 10.3. The Morgan fingerprint density at radius 3 is 2.03 bits per heavy atom. The molecule has 5 rings (SSSR count). The van der Waals surface area contributed by atoms with E-state index in [0.29, 0.717) is 37.5 Å². The van der Waals surface area contributed by atoms with Crippen LogP contribution in [0.5, 0.6) is 5.75 Å². The third-order valence-electron chi connectivity index (χ3n) is 6.37. The van der Waals surface area contributed by atoms with E-state index in [-0.39, 0.29) is 16.7 Å². The van der Waals surface area contributed by atoms with Gasteiger partial charge in [0.05, 0.1) is 19.3 Å². The van der Waals surface area contributed by atoms with Crippen molar-refractivity contribution in [1.29, 1.82) is 0 Å². The fourth-order valence-corrected chi connectivity index (χ4v) is 6.18. The molecule has 0 bridgehead atoms. The fraction of sp³-hybridized carbons (Fsp3) is 0.222. The average molecular weight is 490 g/mol. The summed E-state index contributed by atoms with van der Waals surface area (Å²) in [6.07, 6.45) is 1.55. The van der Waals surface area contributed by atoms with Crippen LogP contribution in [-0.4, -0.2) is 56.1 Å². The molecule has 0 saturated carbocycles. The molecule has 1 aliphatic rings. The molecule has 0 N–H and O–H groups in total. The van der Waals surface area contributed by atoms with Gasteiger partial charge in [-0.05, 0) is 29.3 Å². The van der Waals surface area contributed by atoms with Gasteiger partial charge in [-0.25, -0.2) is 8.42 Å². The Hall–Kier alpha value is -3.46. The number of hydrogen-bond acceptors (Lipinski definition) is 6. The maximum Gasteiger partial charge on any atom is 0.246 e. The van der Waals surface area contributed by atoms with Gasteiger partial charge in [-0.15, -0.1) is 0 Å². The lowest BCUT2D eigenvalue weighted by Crippen LogP contribution is -2.49. The van der Waals surface area contributed by atoms with Gasteiger partial charge in [0, 0.05) is 37.8 Å². The zero-order chi connectivity index (χ0) is 24.3. The van der Waals surface area contributed by atoms with Crippen molar-refractivity contribution in [3.05, 3.63) is 102 Å². The molecule has 0 spiro atoms. The summed E-state index contributed by atoms with van der Waals surface area (Å²) in [7, 11) is -2.26. The predicted octanol–water partition coefficient (Wildman–Crippen LogP) is 4.45. The van der Waals surface area contributed by atoms with Gasteiger partial charge >= 0.3 is 0 Å². The Labute approximate surface area is 205 Å². The Morgan fingerprint density at radius 1 is 0.857 bits per heavy atom. The predicted molar refractivity (Wildman–Crippen MR) is 134 cm³/mol. The number of methoxy groups -OCH3 is 1. The molecule has 0 aliphatic carbocycles. The van der Waals surface area contributed by atoms with Crippen molar-refractivity contribution in [2.75, 3.05) is 33.3 Å². The van der Waals surface area contributed by atoms with Crippen LogP contribution in [0.2, 0.25) is 0 Å². The minimum absolute atomic E-state index is 0.0676. The number of piperazine rings is 1. The molecule has 2 heterocycles. The lowest BCUT2D eigenvalue weighted by Gasteiger charge is -2.39. The summed E-state index contributed by atoms with van der Waals surface area (Å²) in [6.45, 7) is 2.02. The van der Waals surface area contributed by atoms with E-state index >= 15 is 0 Å². The monoisotopic (exact) mass is 489 g/mol. The SMILES string of the molecule is COc1cc(-c2ccno2)ccc1S(=O)(=O)N1CCN(C(c2ccccc2)c2ccccc2)CC1. The molecule has 1 fully saturated rings. The third kappa shape index (κ3) is 4.73. The molecule has 0 atom stereocenters. The summed E-state index contributed by atoms with van der Waals surface area (Å²) in [5.74, 6) is 0.835. The molecule has 8 heteroatoms. The molecule has 0 radical (unpaired) electrons. The van der Waals surface area contributed by atoms with Gasteiger partial charge in [0.15, 0.2) is 5.76 Å². The summed E-state index contributed by atoms with van der Waals surface area (Å²) in [4.78, 5) is 2.50. The highest BCUT2D eigenvalue weighted by Crippen LogP contribution is 2.34. The van der Waals surface area contributed by atoms with E-state index in [1.54, 1.807) is 34.8 Å². The van der Waals surface area contributed by atoms with E-state index in [1.165, 1.54) is 18.2 Å². The zero-order valence-electron chi connectivity index (χ0n) is 19.4. The van der Waals surface area contributed by atoms with E-state index in [1.807, 2.05) is 36.4 Å². The maximum atomic E-state index is 13.6. The lowest BCUT2D eigenvalue weighted by atomic mass is 9.96. The Morgan fingerprint density at radius 2 is 1.49 bits per heavy atom. The lowest BCUT2D eigenvalue weighted by molar-refractivity contribution is 0.155. The van der Waals surface area contributed by atoms with Gasteiger partial charge in [-0.1, -0.05) is 65.8 Å². The van der Waals surface area contributed by atoms with Crippen molar-refractivity contribution in [3.8, 4) is 17.1 Å². The number of aromatic nitrogens is 1. The summed E-state index contributed by atoms with van der Waals surface area (Å²) in [5, 5.41) is 3.72. The summed E-state index contributed by atoms with van der Waals surface area (Å²) in [5.41, 5.74) is 3.09. The standard InChI is InChI=1S/C27H27N3O4S/c1-33-25-20-23(24-14-15-28-34-24)12-13-26(25)35(31,32)30-18-16-29(17-19-30)27(21-8-4-2-5-9-21)22-10-6-3-7-11-22/h2-15,20,27H,16-19H2,1H3. The number of nitrogens with zero attached hydrogens (tertiary/aromatic N) is 3. The van der Waals surface area contributed by atoms with Crippen LogP contribution in [0.25, 0.3) is 11.3 Å². The summed E-state index contributed by atoms with van der Waals surface area (Å²) >= 11 is 0. The van der Waals surface area contributed by atoms with Gasteiger partial charge in [0.2, 0.25) is 10.0 Å². The van der Waals surface area contributed by atoms with Gasteiger partial charge in [0.1, 0.15) is 10.6 Å². The second kappa shape index (κ2) is 10.0. The molecule has 4 aromatic rings. The quantitative estimate of drug-likeness (QED) is 0.382. The smallest absolute Gasteiger partial charge is 0.246 e. The van der Waals surface area contributed by atoms with E-state index < -0.39 is 10.0 Å². The molecule has 35 heavy (non-hydrogen) atoms. The molecule has 0 amide bonds. The molecule has 1 aliphatic heterocycles. The van der Waals surface area contributed by atoms with E-state index in [4.69, 9.17) is 9.26 Å². The van der Waals surface area contributed by atoms with Crippen LogP contribution in [0, 0.1) is 0 Å². The highest BCUT2D eigenvalue weighted by molar-refractivity contribution is 7.89. The van der Waals surface area contributed by atoms with Crippen LogP contribution in [0.1, 0.15) is 17.2 Å². The van der Waals surface area contributed by atoms with Crippen molar-refractivity contribution in [2.45, 2.75) is 10.9 Å². The van der Waals surface area contributed by atoms with Crippen molar-refractivity contribution >= 4 is 10.0 Å². The molecule has 0 unspecified atom stereocenters. The Kier molecular flexibility index (Phi) is 6.68. The van der Waals surface area contributed by atoms with Crippen LogP contribution in [0.4, 0.5) is 0 Å². The van der Waals surface area contributed by atoms with Crippen LogP contribution >= 0.6 is 0 Å². The minimum Gasteiger partial charge on any atom is -0.495 e. The van der Waals surface area contributed by atoms with Crippen molar-refractivity contribution in [3.63, 3.8) is 0 Å². The Bertz CT molecular complexity index is 1310. The first kappa shape index (κ1) is 23.3. The van der Waals surface area contributed by atoms with Gasteiger partial charge in [-0.2, -0.15) is 4.31 Å². The first-order valence-electron chi connectivity index (χ1n) is 11.5. The van der Waals surface area contributed by atoms with Crippen LogP contribution in [0.3, 0.4) is 0 Å². The summed E-state index contributed by atoms with van der Waals surface area (Å²) < 4.78 is 39.3. The maximum absolute atomic E-state index is 13.6. The first-order valence-corrected chi connectivity index (χ1v) is 12.9. The molecule has 180 valence electrons. The number of rotatable bonds is 7. The topological polar surface area (TPSA) is 75.9 Å². The van der Waals surface area contributed by atoms with Gasteiger partial charge < -0.3 is 9.26 Å². The third-order valence-corrected chi connectivity index (χ3v) is 8.31. The largest absolute Gasteiger partial charge is 0.495 e. The van der Waals surface area contributed by atoms with Crippen LogP contribution in [-0.2, 0) is 10.0 Å². The minimum atomic E-state index is -3.73. The molecule has 1 saturated heterocycles. The first-order chi connectivity index (χ1) is 17.1. The van der Waals surface area contributed by atoms with E-state index in [0.717, 1.165) is 0 Å². The normalized spacial score (nSPS) is 15.4. The number of sulfonamides is 1. The number of ether oxygens (including phenoxy) is 1. The Balaban J connectivity index is 1.37. The summed E-state index contributed by atoms with van der Waals surface area (Å²) in [6, 6.07) is 27.5. The van der Waals surface area contributed by atoms with E-state index in [9.17, 15) is 8.42 Å². The van der Waals surface area contributed by atoms with Crippen molar-refractivity contribution < 1.29 is 17.7 Å². The highest BCUT2D eigenvalue weighted by atomic mass is 32.2. The average Bonchev–Trinajstić information content (AvgIpc) is 3.45. The highest BCUT2D eigenvalue weighted by Gasteiger charge is 2.33. The van der Waals surface area contributed by atoms with Gasteiger partial charge in [-0.3, -0.25) is 4.90 Å². The number of hydrogen-bond donors (Lipinski definition) is 0. The molecule has 3 aromatic carbocycles. The molecule has 1 aromatic heterocycles. The molecular formula is C27H27N3O4S. The number of benzene rings is 3. The van der Waals surface area contributed by atoms with Gasteiger partial charge in [0.25, 0.3) is 0 Å². The molecular weight excluding hydrogens is 462 g/mol. The molecule has 7 nitrogen and oxygen atoms in total. The second-order valence-electron chi connectivity index (χ2n) is 8.41. The fourth-order valence-electron chi connectivity index (χ4n) is 4.62. The van der Waals surface area contributed by atoms with Crippen molar-refractivity contribution in [2.24, 2.45) is 0 Å². The van der Waals surface area contributed by atoms with E-state index in [2.05, 4.69) is 34.3 Å². The van der Waals surface area contributed by atoms with Crippen LogP contribution in [0.15, 0.2) is 101 Å². The van der Waals surface area contributed by atoms with Crippen LogP contribution < -0.4 is 4.74 Å².